The van der Waals surface area contributed by atoms with Crippen LogP contribution in [-0.4, -0.2) is 72.2 Å². The van der Waals surface area contributed by atoms with Crippen LogP contribution in [0.25, 0.3) is 0 Å². The molecule has 9 heteroatoms. The zero-order valence-electron chi connectivity index (χ0n) is 16.3. The fraction of sp³-hybridized carbons (Fsp3) is 0.450. The van der Waals surface area contributed by atoms with Crippen LogP contribution in [0, 0.1) is 6.92 Å². The minimum atomic E-state index is -0.617. The Morgan fingerprint density at radius 1 is 1.17 bits per heavy atom. The van der Waals surface area contributed by atoms with E-state index in [4.69, 9.17) is 14.0 Å². The van der Waals surface area contributed by atoms with Gasteiger partial charge in [0.25, 0.3) is 5.91 Å². The van der Waals surface area contributed by atoms with Gasteiger partial charge in [0.2, 0.25) is 12.0 Å². The van der Waals surface area contributed by atoms with Crippen molar-refractivity contribution in [2.75, 3.05) is 44.6 Å². The van der Waals surface area contributed by atoms with E-state index in [9.17, 15) is 9.59 Å². The molecule has 2 aromatic rings. The summed E-state index contributed by atoms with van der Waals surface area (Å²) in [5, 5.41) is 6.47. The molecule has 1 unspecified atom stereocenters. The van der Waals surface area contributed by atoms with Crippen LogP contribution in [0.1, 0.15) is 12.2 Å². The number of ether oxygens (including phenoxy) is 2. The van der Waals surface area contributed by atoms with E-state index in [1.807, 2.05) is 18.2 Å². The first kappa shape index (κ1) is 19.3. The molecular weight excluding hydrogens is 376 g/mol. The third kappa shape index (κ3) is 4.68. The van der Waals surface area contributed by atoms with Gasteiger partial charge in [-0.05, 0) is 19.1 Å². The molecule has 1 saturated heterocycles. The van der Waals surface area contributed by atoms with Gasteiger partial charge in [0.1, 0.15) is 12.4 Å². The Morgan fingerprint density at radius 3 is 2.66 bits per heavy atom. The zero-order valence-corrected chi connectivity index (χ0v) is 16.3. The molecule has 2 amide bonds. The van der Waals surface area contributed by atoms with Crippen molar-refractivity contribution in [3.63, 3.8) is 0 Å². The van der Waals surface area contributed by atoms with E-state index in [0.29, 0.717) is 62.2 Å². The van der Waals surface area contributed by atoms with Crippen LogP contribution in [-0.2, 0) is 9.59 Å². The first-order valence-electron chi connectivity index (χ1n) is 9.71. The molecule has 1 aromatic heterocycles. The average Bonchev–Trinajstić information content (AvgIpc) is 3.16. The first-order chi connectivity index (χ1) is 14.1. The second-order valence-corrected chi connectivity index (χ2v) is 7.15. The van der Waals surface area contributed by atoms with E-state index in [2.05, 4.69) is 15.4 Å². The molecule has 0 aliphatic carbocycles. The van der Waals surface area contributed by atoms with Gasteiger partial charge in [-0.25, -0.2) is 0 Å². The Morgan fingerprint density at radius 2 is 1.93 bits per heavy atom. The Balaban J connectivity index is 1.20. The minimum Gasteiger partial charge on any atom is -0.485 e. The summed E-state index contributed by atoms with van der Waals surface area (Å²) in [5.74, 6) is 2.18. The highest BCUT2D eigenvalue weighted by atomic mass is 16.6. The number of nitrogens with zero attached hydrogens (tertiary/aromatic N) is 3. The summed E-state index contributed by atoms with van der Waals surface area (Å²) >= 11 is 0. The van der Waals surface area contributed by atoms with Crippen molar-refractivity contribution in [1.29, 1.82) is 0 Å². The molecule has 3 heterocycles. The number of nitrogens with one attached hydrogen (secondary N) is 1. The van der Waals surface area contributed by atoms with Gasteiger partial charge in [-0.2, -0.15) is 0 Å². The first-order valence-corrected chi connectivity index (χ1v) is 9.71. The molecule has 154 valence electrons. The summed E-state index contributed by atoms with van der Waals surface area (Å²) in [6.07, 6.45) is -0.260. The molecule has 1 atom stereocenters. The van der Waals surface area contributed by atoms with Crippen LogP contribution in [0.5, 0.6) is 11.5 Å². The van der Waals surface area contributed by atoms with Crippen molar-refractivity contribution in [2.45, 2.75) is 19.4 Å². The summed E-state index contributed by atoms with van der Waals surface area (Å²) in [5.41, 5.74) is 0. The number of para-hydroxylation sites is 2. The maximum Gasteiger partial charge on any atom is 0.267 e. The van der Waals surface area contributed by atoms with Crippen LogP contribution >= 0.6 is 0 Å². The lowest BCUT2D eigenvalue weighted by Crippen LogP contribution is -2.54. The van der Waals surface area contributed by atoms with Gasteiger partial charge in [0.15, 0.2) is 17.3 Å². The highest BCUT2D eigenvalue weighted by Gasteiger charge is 2.32. The molecule has 1 fully saturated rings. The summed E-state index contributed by atoms with van der Waals surface area (Å²) < 4.78 is 16.4. The van der Waals surface area contributed by atoms with Gasteiger partial charge in [0, 0.05) is 45.2 Å². The molecule has 9 nitrogen and oxygen atoms in total. The number of rotatable bonds is 5. The number of anilines is 1. The van der Waals surface area contributed by atoms with Crippen LogP contribution in [0.15, 0.2) is 34.9 Å². The van der Waals surface area contributed by atoms with E-state index >= 15 is 0 Å². The molecule has 0 radical (unpaired) electrons. The minimum absolute atomic E-state index is 0.0571. The third-order valence-electron chi connectivity index (χ3n) is 5.02. The van der Waals surface area contributed by atoms with Crippen molar-refractivity contribution < 1.29 is 23.6 Å². The molecule has 0 bridgehead atoms. The number of carbonyl (C=O) groups is 2. The average molecular weight is 400 g/mol. The maximum atomic E-state index is 12.8. The lowest BCUT2D eigenvalue weighted by Gasteiger charge is -2.37. The van der Waals surface area contributed by atoms with Crippen LogP contribution < -0.4 is 14.8 Å². The molecule has 4 rings (SSSR count). The monoisotopic (exact) mass is 400 g/mol. The number of piperazine rings is 1. The van der Waals surface area contributed by atoms with Gasteiger partial charge >= 0.3 is 0 Å². The van der Waals surface area contributed by atoms with Crippen LogP contribution in [0.3, 0.4) is 0 Å². The van der Waals surface area contributed by atoms with Crippen molar-refractivity contribution in [3.8, 4) is 11.5 Å². The highest BCUT2D eigenvalue weighted by Crippen LogP contribution is 2.31. The number of carbonyl (C=O) groups excluding carboxylic acids is 2. The normalized spacial score (nSPS) is 19.1. The fourth-order valence-corrected chi connectivity index (χ4v) is 3.43. The van der Waals surface area contributed by atoms with Crippen molar-refractivity contribution >= 4 is 17.6 Å². The number of benzene rings is 1. The smallest absolute Gasteiger partial charge is 0.267 e. The number of fused-ring (bicyclic) bond motifs is 1. The Hall–Kier alpha value is -3.07. The second kappa shape index (κ2) is 8.52. The van der Waals surface area contributed by atoms with Gasteiger partial charge in [-0.15, -0.1) is 0 Å². The topological polar surface area (TPSA) is 97.1 Å². The summed E-state index contributed by atoms with van der Waals surface area (Å²) in [6, 6.07) is 9.04. The van der Waals surface area contributed by atoms with Gasteiger partial charge in [-0.1, -0.05) is 17.3 Å². The van der Waals surface area contributed by atoms with E-state index in [0.717, 1.165) is 0 Å². The molecule has 2 aliphatic rings. The summed E-state index contributed by atoms with van der Waals surface area (Å²) in [4.78, 5) is 28.8. The number of hydrogen-bond acceptors (Lipinski definition) is 7. The largest absolute Gasteiger partial charge is 0.485 e. The highest BCUT2D eigenvalue weighted by molar-refractivity contribution is 5.89. The molecule has 0 saturated carbocycles. The SMILES string of the molecule is Cc1cc(NC(=O)CCN2CCN(C(=O)C3COc4ccccc4O3)CC2)no1. The third-order valence-corrected chi connectivity index (χ3v) is 5.02. The quantitative estimate of drug-likeness (QED) is 0.808. The van der Waals surface area contributed by atoms with E-state index in [-0.39, 0.29) is 18.4 Å². The van der Waals surface area contributed by atoms with Gasteiger partial charge < -0.3 is 24.2 Å². The molecule has 1 aromatic carbocycles. The summed E-state index contributed by atoms with van der Waals surface area (Å²) in [7, 11) is 0. The number of aromatic nitrogens is 1. The summed E-state index contributed by atoms with van der Waals surface area (Å²) in [6.45, 7) is 5.25. The van der Waals surface area contributed by atoms with Crippen molar-refractivity contribution in [2.24, 2.45) is 0 Å². The zero-order chi connectivity index (χ0) is 20.2. The van der Waals surface area contributed by atoms with Crippen molar-refractivity contribution in [3.05, 3.63) is 36.1 Å². The van der Waals surface area contributed by atoms with Crippen LogP contribution in [0.4, 0.5) is 5.82 Å². The predicted molar refractivity (Wildman–Crippen MR) is 104 cm³/mol. The molecule has 29 heavy (non-hydrogen) atoms. The maximum absolute atomic E-state index is 12.8. The lowest BCUT2D eigenvalue weighted by molar-refractivity contribution is -0.143. The Kier molecular flexibility index (Phi) is 5.66. The number of hydrogen-bond donors (Lipinski definition) is 1. The van der Waals surface area contributed by atoms with Gasteiger partial charge in [-0.3, -0.25) is 14.5 Å². The van der Waals surface area contributed by atoms with Crippen LogP contribution in [0.2, 0.25) is 0 Å². The van der Waals surface area contributed by atoms with E-state index in [1.165, 1.54) is 0 Å². The van der Waals surface area contributed by atoms with E-state index in [1.54, 1.807) is 24.0 Å². The van der Waals surface area contributed by atoms with Gasteiger partial charge in [0.05, 0.1) is 0 Å². The molecule has 0 spiro atoms. The second-order valence-electron chi connectivity index (χ2n) is 7.15. The number of aryl methyl sites for hydroxylation is 1. The van der Waals surface area contributed by atoms with Crippen molar-refractivity contribution in [1.82, 2.24) is 15.0 Å². The molecule has 1 N–H and O–H groups in total. The Bertz CT molecular complexity index is 875. The number of amides is 2. The standard InChI is InChI=1S/C20H24N4O5/c1-14-12-18(22-29-14)21-19(25)6-7-23-8-10-24(11-9-23)20(26)17-13-27-15-4-2-3-5-16(15)28-17/h2-5,12,17H,6-11,13H2,1H3,(H,21,22,25). The molecular formula is C20H24N4O5. The Labute approximate surface area is 168 Å². The lowest BCUT2D eigenvalue weighted by atomic mass is 10.2. The predicted octanol–water partition coefficient (Wildman–Crippen LogP) is 1.30. The van der Waals surface area contributed by atoms with E-state index < -0.39 is 6.10 Å². The fourth-order valence-electron chi connectivity index (χ4n) is 3.43. The molecule has 2 aliphatic heterocycles.